The van der Waals surface area contributed by atoms with E-state index in [1.807, 2.05) is 0 Å². The van der Waals surface area contributed by atoms with Crippen LogP contribution in [-0.4, -0.2) is 43.1 Å². The van der Waals surface area contributed by atoms with Gasteiger partial charge in [-0.15, -0.1) is 0 Å². The largest absolute Gasteiger partial charge is 0.465 e. The Balaban J connectivity index is 1.92. The highest BCUT2D eigenvalue weighted by atomic mass is 16.7. The van der Waals surface area contributed by atoms with Gasteiger partial charge in [0, 0.05) is 18.8 Å². The Labute approximate surface area is 161 Å². The Hall–Kier alpha value is -1.27. The fourth-order valence-electron chi connectivity index (χ4n) is 4.87. The molecule has 4 atom stereocenters. The van der Waals surface area contributed by atoms with Gasteiger partial charge in [-0.05, 0) is 19.8 Å². The molecule has 2 bridgehead atoms. The third-order valence-electron chi connectivity index (χ3n) is 6.34. The Morgan fingerprint density at radius 1 is 1.07 bits per heavy atom. The number of ketones is 2. The van der Waals surface area contributed by atoms with Crippen LogP contribution in [0, 0.1) is 11.3 Å². The zero-order valence-electron chi connectivity index (χ0n) is 16.4. The van der Waals surface area contributed by atoms with E-state index in [1.54, 1.807) is 6.92 Å². The van der Waals surface area contributed by atoms with Crippen molar-refractivity contribution in [2.24, 2.45) is 11.3 Å². The highest BCUT2D eigenvalue weighted by molar-refractivity contribution is 6.05. The standard InChI is InChI=1S/C21H32O6/c1-2-25-20(24)21(15-13-16(22)19-26-14-17(15)27-19)12-10-8-6-4-3-5-7-9-11-18(21)23/h15,17,19H,2-14H2,1H3/t15-,17+,19+,21?/m0/s1. The van der Waals surface area contributed by atoms with Gasteiger partial charge >= 0.3 is 5.97 Å². The molecule has 6 nitrogen and oxygen atoms in total. The fourth-order valence-corrected chi connectivity index (χ4v) is 4.87. The molecule has 0 spiro atoms. The number of Topliss-reactive ketones (excluding diaryl/α,β-unsaturated/α-hetero) is 2. The molecule has 2 saturated heterocycles. The lowest BCUT2D eigenvalue weighted by atomic mass is 9.63. The van der Waals surface area contributed by atoms with Crippen LogP contribution in [-0.2, 0) is 28.6 Å². The van der Waals surface area contributed by atoms with Crippen molar-refractivity contribution in [3.05, 3.63) is 0 Å². The second kappa shape index (κ2) is 9.28. The summed E-state index contributed by atoms with van der Waals surface area (Å²) in [7, 11) is 0. The molecule has 1 aliphatic carbocycles. The van der Waals surface area contributed by atoms with Crippen molar-refractivity contribution in [2.75, 3.05) is 13.2 Å². The van der Waals surface area contributed by atoms with Gasteiger partial charge in [0.2, 0.25) is 6.29 Å². The Kier molecular flexibility index (Phi) is 7.04. The van der Waals surface area contributed by atoms with Gasteiger partial charge in [-0.2, -0.15) is 0 Å². The van der Waals surface area contributed by atoms with E-state index in [1.165, 1.54) is 12.8 Å². The number of carbonyl (C=O) groups is 3. The van der Waals surface area contributed by atoms with Crippen LogP contribution in [0.5, 0.6) is 0 Å². The predicted octanol–water partition coefficient (Wildman–Crippen LogP) is 3.35. The van der Waals surface area contributed by atoms with E-state index in [0.29, 0.717) is 12.8 Å². The predicted molar refractivity (Wildman–Crippen MR) is 98.0 cm³/mol. The van der Waals surface area contributed by atoms with Crippen molar-refractivity contribution in [2.45, 2.75) is 89.9 Å². The summed E-state index contributed by atoms with van der Waals surface area (Å²) >= 11 is 0. The van der Waals surface area contributed by atoms with Crippen molar-refractivity contribution in [3.8, 4) is 0 Å². The van der Waals surface area contributed by atoms with E-state index in [9.17, 15) is 14.4 Å². The minimum absolute atomic E-state index is 0.0757. The van der Waals surface area contributed by atoms with Gasteiger partial charge in [-0.3, -0.25) is 14.4 Å². The molecule has 0 amide bonds. The molecule has 2 aliphatic heterocycles. The van der Waals surface area contributed by atoms with Crippen molar-refractivity contribution in [3.63, 3.8) is 0 Å². The van der Waals surface area contributed by atoms with Crippen molar-refractivity contribution in [1.29, 1.82) is 0 Å². The smallest absolute Gasteiger partial charge is 0.320 e. The second-order valence-corrected chi connectivity index (χ2v) is 8.06. The van der Waals surface area contributed by atoms with Gasteiger partial charge in [0.05, 0.1) is 19.3 Å². The van der Waals surface area contributed by atoms with Crippen molar-refractivity contribution in [1.82, 2.24) is 0 Å². The van der Waals surface area contributed by atoms with Crippen LogP contribution in [0.3, 0.4) is 0 Å². The molecule has 0 N–H and O–H groups in total. The van der Waals surface area contributed by atoms with Crippen LogP contribution in [0.2, 0.25) is 0 Å². The number of ether oxygens (including phenoxy) is 3. The van der Waals surface area contributed by atoms with Crippen LogP contribution in [0.1, 0.15) is 77.6 Å². The minimum atomic E-state index is -1.28. The van der Waals surface area contributed by atoms with Crippen LogP contribution in [0.25, 0.3) is 0 Å². The van der Waals surface area contributed by atoms with E-state index >= 15 is 0 Å². The molecule has 0 aromatic rings. The monoisotopic (exact) mass is 380 g/mol. The highest BCUT2D eigenvalue weighted by Gasteiger charge is 2.59. The molecule has 3 rings (SSSR count). The molecule has 1 saturated carbocycles. The van der Waals surface area contributed by atoms with Crippen LogP contribution < -0.4 is 0 Å². The number of esters is 1. The maximum absolute atomic E-state index is 13.4. The highest BCUT2D eigenvalue weighted by Crippen LogP contribution is 2.47. The first-order valence-electron chi connectivity index (χ1n) is 10.6. The molecule has 0 aromatic heterocycles. The van der Waals surface area contributed by atoms with Gasteiger partial charge in [-0.25, -0.2) is 0 Å². The molecule has 2 heterocycles. The number of fused-ring (bicyclic) bond motifs is 2. The Morgan fingerprint density at radius 3 is 2.44 bits per heavy atom. The maximum Gasteiger partial charge on any atom is 0.320 e. The zero-order valence-corrected chi connectivity index (χ0v) is 16.4. The SMILES string of the molecule is CCOC(=O)C1([C@H]2CC(=O)[C@@H]3OC[C@H]2O3)CCCCCCCCCCC1=O. The first-order valence-corrected chi connectivity index (χ1v) is 10.6. The van der Waals surface area contributed by atoms with Crippen LogP contribution >= 0.6 is 0 Å². The van der Waals surface area contributed by atoms with E-state index < -0.39 is 29.7 Å². The summed E-state index contributed by atoms with van der Waals surface area (Å²) in [5.74, 6) is -1.21. The molecule has 27 heavy (non-hydrogen) atoms. The quantitative estimate of drug-likeness (QED) is 0.552. The van der Waals surface area contributed by atoms with Crippen molar-refractivity contribution < 1.29 is 28.6 Å². The van der Waals surface area contributed by atoms with E-state index in [4.69, 9.17) is 14.2 Å². The van der Waals surface area contributed by atoms with E-state index in [-0.39, 0.29) is 31.2 Å². The molecule has 6 heteroatoms. The summed E-state index contributed by atoms with van der Waals surface area (Å²) in [6, 6.07) is 0. The summed E-state index contributed by atoms with van der Waals surface area (Å²) in [5, 5.41) is 0. The topological polar surface area (TPSA) is 78.9 Å². The first kappa shape index (κ1) is 20.5. The first-order chi connectivity index (χ1) is 13.1. The number of rotatable bonds is 3. The van der Waals surface area contributed by atoms with E-state index in [2.05, 4.69) is 0 Å². The Morgan fingerprint density at radius 2 is 1.74 bits per heavy atom. The molecule has 3 fully saturated rings. The molecule has 3 aliphatic rings. The molecule has 0 aromatic carbocycles. The van der Waals surface area contributed by atoms with E-state index in [0.717, 1.165) is 38.5 Å². The average molecular weight is 380 g/mol. The van der Waals surface area contributed by atoms with Crippen molar-refractivity contribution >= 4 is 17.5 Å². The third kappa shape index (κ3) is 4.27. The molecule has 0 radical (unpaired) electrons. The van der Waals surface area contributed by atoms with Gasteiger partial charge in [-0.1, -0.05) is 44.9 Å². The Bertz CT molecular complexity index is 559. The molecule has 152 valence electrons. The fraction of sp³-hybridized carbons (Fsp3) is 0.857. The normalized spacial score (nSPS) is 36.0. The van der Waals surface area contributed by atoms with Gasteiger partial charge < -0.3 is 14.2 Å². The third-order valence-corrected chi connectivity index (χ3v) is 6.34. The molecular formula is C21H32O6. The lowest BCUT2D eigenvalue weighted by Crippen LogP contribution is -2.54. The minimum Gasteiger partial charge on any atom is -0.465 e. The number of carbonyl (C=O) groups excluding carboxylic acids is 3. The number of hydrogen-bond donors (Lipinski definition) is 0. The zero-order chi connectivity index (χ0) is 19.3. The summed E-state index contributed by atoms with van der Waals surface area (Å²) in [6.45, 7) is 2.23. The summed E-state index contributed by atoms with van der Waals surface area (Å²) < 4.78 is 16.6. The molecular weight excluding hydrogens is 348 g/mol. The van der Waals surface area contributed by atoms with Gasteiger partial charge in [0.15, 0.2) is 11.6 Å². The summed E-state index contributed by atoms with van der Waals surface area (Å²) in [6.07, 6.45) is 7.93. The summed E-state index contributed by atoms with van der Waals surface area (Å²) in [5.41, 5.74) is -1.28. The van der Waals surface area contributed by atoms with Gasteiger partial charge in [0.25, 0.3) is 0 Å². The average Bonchev–Trinajstić information content (AvgIpc) is 3.07. The van der Waals surface area contributed by atoms with Crippen LogP contribution in [0.15, 0.2) is 0 Å². The van der Waals surface area contributed by atoms with Gasteiger partial charge in [0.1, 0.15) is 5.41 Å². The number of hydrogen-bond acceptors (Lipinski definition) is 6. The second-order valence-electron chi connectivity index (χ2n) is 8.06. The van der Waals surface area contributed by atoms with Crippen LogP contribution in [0.4, 0.5) is 0 Å². The lowest BCUT2D eigenvalue weighted by molar-refractivity contribution is -0.179. The molecule has 1 unspecified atom stereocenters. The summed E-state index contributed by atoms with van der Waals surface area (Å²) in [4.78, 5) is 39.0. The maximum atomic E-state index is 13.4. The lowest BCUT2D eigenvalue weighted by Gasteiger charge is -2.41.